The van der Waals surface area contributed by atoms with Gasteiger partial charge in [-0.15, -0.1) is 0 Å². The SMILES string of the molecule is CCCCCCCCCC[C@H](O)CN1CCN(CCN(C[C@@H](O)CCCCCCCCCC)C[C@@H](O)CCCCCCCCCC)CC1. The van der Waals surface area contributed by atoms with Gasteiger partial charge in [0.1, 0.15) is 0 Å². The minimum atomic E-state index is -0.306. The van der Waals surface area contributed by atoms with Crippen molar-refractivity contribution < 1.29 is 15.3 Å². The second kappa shape index (κ2) is 33.9. The van der Waals surface area contributed by atoms with Crippen LogP contribution in [-0.2, 0) is 0 Å². The van der Waals surface area contributed by atoms with Gasteiger partial charge in [0.25, 0.3) is 0 Å². The van der Waals surface area contributed by atoms with Crippen molar-refractivity contribution in [1.82, 2.24) is 14.7 Å². The van der Waals surface area contributed by atoms with Gasteiger partial charge in [0.05, 0.1) is 18.3 Å². The molecule has 0 unspecified atom stereocenters. The van der Waals surface area contributed by atoms with E-state index in [0.29, 0.717) is 13.1 Å². The van der Waals surface area contributed by atoms with E-state index in [1.165, 1.54) is 135 Å². The first-order valence-electron chi connectivity index (χ1n) is 21.7. The van der Waals surface area contributed by atoms with Gasteiger partial charge in [-0.3, -0.25) is 14.7 Å². The van der Waals surface area contributed by atoms with Crippen LogP contribution in [0.1, 0.15) is 194 Å². The lowest BCUT2D eigenvalue weighted by atomic mass is 10.0. The van der Waals surface area contributed by atoms with E-state index in [1.807, 2.05) is 0 Å². The summed E-state index contributed by atoms with van der Waals surface area (Å²) >= 11 is 0. The van der Waals surface area contributed by atoms with Gasteiger partial charge in [-0.05, 0) is 19.3 Å². The van der Waals surface area contributed by atoms with Crippen LogP contribution in [0.25, 0.3) is 0 Å². The van der Waals surface area contributed by atoms with Gasteiger partial charge in [-0.25, -0.2) is 0 Å². The van der Waals surface area contributed by atoms with E-state index in [0.717, 1.165) is 84.3 Å². The highest BCUT2D eigenvalue weighted by Gasteiger charge is 2.21. The van der Waals surface area contributed by atoms with Gasteiger partial charge < -0.3 is 15.3 Å². The van der Waals surface area contributed by atoms with Gasteiger partial charge in [0.15, 0.2) is 0 Å². The normalized spacial score (nSPS) is 16.6. The molecule has 1 saturated heterocycles. The molecule has 0 bridgehead atoms. The molecule has 1 aliphatic rings. The Morgan fingerprint density at radius 2 is 0.729 bits per heavy atom. The molecule has 0 aromatic carbocycles. The van der Waals surface area contributed by atoms with Crippen LogP contribution in [0.3, 0.4) is 0 Å². The molecule has 1 rings (SSSR count). The molecule has 288 valence electrons. The van der Waals surface area contributed by atoms with E-state index >= 15 is 0 Å². The van der Waals surface area contributed by atoms with E-state index in [-0.39, 0.29) is 18.3 Å². The number of piperazine rings is 1. The Balaban J connectivity index is 2.36. The molecule has 48 heavy (non-hydrogen) atoms. The first-order valence-corrected chi connectivity index (χ1v) is 21.7. The molecule has 0 aromatic heterocycles. The molecule has 1 aliphatic heterocycles. The molecule has 1 fully saturated rings. The second-order valence-corrected chi connectivity index (χ2v) is 15.7. The van der Waals surface area contributed by atoms with E-state index in [1.54, 1.807) is 0 Å². The summed E-state index contributed by atoms with van der Waals surface area (Å²) in [7, 11) is 0. The molecule has 0 spiro atoms. The van der Waals surface area contributed by atoms with Crippen LogP contribution in [0.2, 0.25) is 0 Å². The van der Waals surface area contributed by atoms with Crippen molar-refractivity contribution in [3.8, 4) is 0 Å². The third-order valence-electron chi connectivity index (χ3n) is 10.8. The summed E-state index contributed by atoms with van der Waals surface area (Å²) in [5, 5.41) is 32.6. The topological polar surface area (TPSA) is 70.4 Å². The average molecular weight is 682 g/mol. The third kappa shape index (κ3) is 28.5. The number of unbranched alkanes of at least 4 members (excludes halogenated alkanes) is 21. The Morgan fingerprint density at radius 1 is 0.417 bits per heavy atom. The number of β-amino-alcohol motifs (C(OH)–C–C–N with tert-alkyl or cyclic N) is 1. The van der Waals surface area contributed by atoms with Crippen LogP contribution in [0.15, 0.2) is 0 Å². The van der Waals surface area contributed by atoms with Crippen LogP contribution >= 0.6 is 0 Å². The van der Waals surface area contributed by atoms with Crippen LogP contribution in [0, 0.1) is 0 Å². The molecular formula is C42H87N3O3. The maximum absolute atomic E-state index is 11.0. The zero-order valence-corrected chi connectivity index (χ0v) is 32.9. The summed E-state index contributed by atoms with van der Waals surface area (Å²) in [5.41, 5.74) is 0. The number of nitrogens with zero attached hydrogens (tertiary/aromatic N) is 3. The van der Waals surface area contributed by atoms with E-state index in [9.17, 15) is 15.3 Å². The second-order valence-electron chi connectivity index (χ2n) is 15.7. The molecular weight excluding hydrogens is 594 g/mol. The summed E-state index contributed by atoms with van der Waals surface area (Å²) in [5.74, 6) is 0. The summed E-state index contributed by atoms with van der Waals surface area (Å²) in [4.78, 5) is 7.35. The summed E-state index contributed by atoms with van der Waals surface area (Å²) in [6, 6.07) is 0. The van der Waals surface area contributed by atoms with Crippen LogP contribution in [0.5, 0.6) is 0 Å². The van der Waals surface area contributed by atoms with Crippen LogP contribution < -0.4 is 0 Å². The molecule has 6 nitrogen and oxygen atoms in total. The zero-order chi connectivity index (χ0) is 34.9. The van der Waals surface area contributed by atoms with E-state index in [4.69, 9.17) is 0 Å². The standard InChI is InChI=1S/C42H87N3O3/c1-4-7-10-13-16-19-22-25-28-40(46)37-44-34-31-43(32-35-44)33-36-45(38-41(47)29-26-23-20-17-14-11-8-5-2)39-42(48)30-27-24-21-18-15-12-9-6-3/h40-42,46-48H,4-39H2,1-3H3/t40-,41-,42-/m0/s1. The molecule has 0 saturated carbocycles. The molecule has 3 atom stereocenters. The highest BCUT2D eigenvalue weighted by atomic mass is 16.3. The lowest BCUT2D eigenvalue weighted by molar-refractivity contribution is 0.0427. The van der Waals surface area contributed by atoms with Crippen LogP contribution in [0.4, 0.5) is 0 Å². The highest BCUT2D eigenvalue weighted by Crippen LogP contribution is 2.15. The van der Waals surface area contributed by atoms with Crippen molar-refractivity contribution in [2.24, 2.45) is 0 Å². The lowest BCUT2D eigenvalue weighted by Crippen LogP contribution is -2.51. The van der Waals surface area contributed by atoms with Gasteiger partial charge in [0, 0.05) is 58.9 Å². The number of hydrogen-bond donors (Lipinski definition) is 3. The van der Waals surface area contributed by atoms with Crippen LogP contribution in [-0.4, -0.2) is 107 Å². The zero-order valence-electron chi connectivity index (χ0n) is 32.9. The molecule has 0 aromatic rings. The summed E-state index contributed by atoms with van der Waals surface area (Å²) in [6.45, 7) is 15.0. The van der Waals surface area contributed by atoms with Crippen molar-refractivity contribution in [2.75, 3.05) is 58.9 Å². The Bertz CT molecular complexity index is 618. The van der Waals surface area contributed by atoms with Crippen molar-refractivity contribution >= 4 is 0 Å². The quantitative estimate of drug-likeness (QED) is 0.0573. The van der Waals surface area contributed by atoms with Crippen molar-refractivity contribution in [3.05, 3.63) is 0 Å². The van der Waals surface area contributed by atoms with Crippen molar-refractivity contribution in [2.45, 2.75) is 212 Å². The molecule has 0 aliphatic carbocycles. The summed E-state index contributed by atoms with van der Waals surface area (Å²) in [6.07, 6.45) is 33.1. The number of hydrogen-bond acceptors (Lipinski definition) is 6. The molecule has 3 N–H and O–H groups in total. The lowest BCUT2D eigenvalue weighted by Gasteiger charge is -2.37. The van der Waals surface area contributed by atoms with Crippen molar-refractivity contribution in [1.29, 1.82) is 0 Å². The smallest absolute Gasteiger partial charge is 0.0667 e. The van der Waals surface area contributed by atoms with Gasteiger partial charge in [-0.2, -0.15) is 0 Å². The van der Waals surface area contributed by atoms with E-state index < -0.39 is 0 Å². The molecule has 0 amide bonds. The maximum atomic E-state index is 11.0. The first-order chi connectivity index (χ1) is 23.5. The Morgan fingerprint density at radius 3 is 1.10 bits per heavy atom. The maximum Gasteiger partial charge on any atom is 0.0667 e. The predicted molar refractivity (Wildman–Crippen MR) is 209 cm³/mol. The van der Waals surface area contributed by atoms with Gasteiger partial charge in [-0.1, -0.05) is 175 Å². The van der Waals surface area contributed by atoms with Crippen molar-refractivity contribution in [3.63, 3.8) is 0 Å². The number of rotatable bonds is 36. The molecule has 6 heteroatoms. The first kappa shape index (κ1) is 45.8. The summed E-state index contributed by atoms with van der Waals surface area (Å²) < 4.78 is 0. The Hall–Kier alpha value is -0.240. The van der Waals surface area contributed by atoms with E-state index in [2.05, 4.69) is 35.5 Å². The highest BCUT2D eigenvalue weighted by molar-refractivity contribution is 4.77. The minimum absolute atomic E-state index is 0.197. The largest absolute Gasteiger partial charge is 0.392 e. The molecule has 1 heterocycles. The van der Waals surface area contributed by atoms with Gasteiger partial charge >= 0.3 is 0 Å². The van der Waals surface area contributed by atoms with Gasteiger partial charge in [0.2, 0.25) is 0 Å². The third-order valence-corrected chi connectivity index (χ3v) is 10.8. The minimum Gasteiger partial charge on any atom is -0.392 e. The Labute approximate surface area is 300 Å². The monoisotopic (exact) mass is 682 g/mol. The molecule has 0 radical (unpaired) electrons. The number of aliphatic hydroxyl groups excluding tert-OH is 3. The fraction of sp³-hybridized carbons (Fsp3) is 1.00. The fourth-order valence-electron chi connectivity index (χ4n) is 7.44. The fourth-order valence-corrected chi connectivity index (χ4v) is 7.44. The number of aliphatic hydroxyl groups is 3. The Kier molecular flexibility index (Phi) is 32.3. The average Bonchev–Trinajstić information content (AvgIpc) is 3.08. The predicted octanol–water partition coefficient (Wildman–Crippen LogP) is 9.58.